The minimum atomic E-state index is -4.45. The Labute approximate surface area is 103 Å². The quantitative estimate of drug-likeness (QED) is 0.834. The van der Waals surface area contributed by atoms with Gasteiger partial charge in [-0.1, -0.05) is 0 Å². The third-order valence-electron chi connectivity index (χ3n) is 2.79. The maximum absolute atomic E-state index is 12.6. The van der Waals surface area contributed by atoms with E-state index in [1.165, 1.54) is 6.20 Å². The molecule has 0 radical (unpaired) electrons. The smallest absolute Gasteiger partial charge is 0.352 e. The van der Waals surface area contributed by atoms with Gasteiger partial charge in [-0.3, -0.25) is 4.98 Å². The molecule has 0 spiro atoms. The molecule has 0 aliphatic carbocycles. The molecular formula is C11H15F3N4. The fraction of sp³-hybridized carbons (Fsp3) is 0.636. The van der Waals surface area contributed by atoms with Gasteiger partial charge in [-0.05, 0) is 13.8 Å². The predicted molar refractivity (Wildman–Crippen MR) is 61.3 cm³/mol. The van der Waals surface area contributed by atoms with Crippen LogP contribution in [0.3, 0.4) is 0 Å². The van der Waals surface area contributed by atoms with Crippen molar-refractivity contribution in [2.45, 2.75) is 32.1 Å². The Morgan fingerprint density at radius 1 is 1.22 bits per heavy atom. The van der Waals surface area contributed by atoms with Crippen LogP contribution in [0.2, 0.25) is 0 Å². The van der Waals surface area contributed by atoms with E-state index >= 15 is 0 Å². The first-order valence-corrected chi connectivity index (χ1v) is 5.76. The van der Waals surface area contributed by atoms with Crippen LogP contribution < -0.4 is 10.2 Å². The molecule has 4 nitrogen and oxygen atoms in total. The fourth-order valence-electron chi connectivity index (χ4n) is 2.16. The van der Waals surface area contributed by atoms with Crippen molar-refractivity contribution >= 4 is 5.82 Å². The largest absolute Gasteiger partial charge is 0.434 e. The van der Waals surface area contributed by atoms with E-state index in [0.29, 0.717) is 13.1 Å². The number of halogens is 3. The van der Waals surface area contributed by atoms with Crippen molar-refractivity contribution in [1.82, 2.24) is 15.3 Å². The molecule has 7 heteroatoms. The van der Waals surface area contributed by atoms with Crippen molar-refractivity contribution in [2.75, 3.05) is 18.0 Å². The van der Waals surface area contributed by atoms with Crippen LogP contribution in [-0.4, -0.2) is 35.1 Å². The summed E-state index contributed by atoms with van der Waals surface area (Å²) >= 11 is 0. The van der Waals surface area contributed by atoms with Crippen LogP contribution in [0.15, 0.2) is 12.4 Å². The second kappa shape index (κ2) is 4.72. The Morgan fingerprint density at radius 2 is 1.83 bits per heavy atom. The van der Waals surface area contributed by atoms with E-state index in [4.69, 9.17) is 0 Å². The maximum atomic E-state index is 12.6. The van der Waals surface area contributed by atoms with Crippen LogP contribution in [0.4, 0.5) is 19.0 Å². The van der Waals surface area contributed by atoms with Gasteiger partial charge < -0.3 is 10.2 Å². The molecule has 0 saturated carbocycles. The predicted octanol–water partition coefficient (Wildman–Crippen LogP) is 1.68. The van der Waals surface area contributed by atoms with E-state index in [9.17, 15) is 13.2 Å². The molecule has 18 heavy (non-hydrogen) atoms. The first-order chi connectivity index (χ1) is 8.36. The monoisotopic (exact) mass is 260 g/mol. The zero-order chi connectivity index (χ0) is 13.3. The van der Waals surface area contributed by atoms with Crippen LogP contribution in [-0.2, 0) is 6.18 Å². The van der Waals surface area contributed by atoms with E-state index in [1.807, 2.05) is 18.7 Å². The van der Waals surface area contributed by atoms with Gasteiger partial charge in [-0.25, -0.2) is 4.98 Å². The molecule has 1 aliphatic heterocycles. The van der Waals surface area contributed by atoms with Crippen LogP contribution in [0.25, 0.3) is 0 Å². The van der Waals surface area contributed by atoms with Gasteiger partial charge in [-0.2, -0.15) is 13.2 Å². The first-order valence-electron chi connectivity index (χ1n) is 5.76. The molecule has 1 aromatic rings. The topological polar surface area (TPSA) is 41.1 Å². The molecule has 1 aromatic heterocycles. The van der Waals surface area contributed by atoms with E-state index in [2.05, 4.69) is 15.3 Å². The second-order valence-electron chi connectivity index (χ2n) is 4.63. The SMILES string of the molecule is C[C@@H]1CN(c2cncc(C(F)(F)F)n2)C[C@H](C)N1. The van der Waals surface area contributed by atoms with Crippen molar-refractivity contribution in [3.8, 4) is 0 Å². The lowest BCUT2D eigenvalue weighted by molar-refractivity contribution is -0.141. The Hall–Kier alpha value is -1.37. The zero-order valence-corrected chi connectivity index (χ0v) is 10.2. The number of rotatable bonds is 1. The number of hydrogen-bond acceptors (Lipinski definition) is 4. The Balaban J connectivity index is 2.23. The summed E-state index contributed by atoms with van der Waals surface area (Å²) < 4.78 is 37.7. The maximum Gasteiger partial charge on any atom is 0.434 e. The number of nitrogens with zero attached hydrogens (tertiary/aromatic N) is 3. The van der Waals surface area contributed by atoms with Gasteiger partial charge in [0.05, 0.1) is 12.4 Å². The summed E-state index contributed by atoms with van der Waals surface area (Å²) in [6.45, 7) is 5.23. The molecule has 0 amide bonds. The number of piperazine rings is 1. The molecule has 2 atom stereocenters. The van der Waals surface area contributed by atoms with Crippen LogP contribution >= 0.6 is 0 Å². The van der Waals surface area contributed by atoms with Crippen molar-refractivity contribution < 1.29 is 13.2 Å². The number of hydrogen-bond donors (Lipinski definition) is 1. The molecule has 1 aliphatic rings. The Bertz CT molecular complexity index is 411. The molecule has 0 bridgehead atoms. The lowest BCUT2D eigenvalue weighted by Gasteiger charge is -2.36. The number of aromatic nitrogens is 2. The van der Waals surface area contributed by atoms with E-state index < -0.39 is 11.9 Å². The van der Waals surface area contributed by atoms with Gasteiger partial charge in [0.15, 0.2) is 5.69 Å². The second-order valence-corrected chi connectivity index (χ2v) is 4.63. The average Bonchev–Trinajstić information content (AvgIpc) is 2.27. The summed E-state index contributed by atoms with van der Waals surface area (Å²) in [6, 6.07) is 0.426. The molecule has 1 saturated heterocycles. The summed E-state index contributed by atoms with van der Waals surface area (Å²) in [5, 5.41) is 3.31. The van der Waals surface area contributed by atoms with Gasteiger partial charge >= 0.3 is 6.18 Å². The highest BCUT2D eigenvalue weighted by Gasteiger charge is 2.34. The van der Waals surface area contributed by atoms with Crippen LogP contribution in [0.1, 0.15) is 19.5 Å². The first kappa shape index (κ1) is 13.1. The molecular weight excluding hydrogens is 245 g/mol. The summed E-state index contributed by atoms with van der Waals surface area (Å²) in [7, 11) is 0. The minimum absolute atomic E-state index is 0.213. The van der Waals surface area contributed by atoms with E-state index in [0.717, 1.165) is 6.20 Å². The Morgan fingerprint density at radius 3 is 2.39 bits per heavy atom. The highest BCUT2D eigenvalue weighted by atomic mass is 19.4. The molecule has 0 unspecified atom stereocenters. The lowest BCUT2D eigenvalue weighted by Crippen LogP contribution is -2.54. The van der Waals surface area contributed by atoms with Crippen LogP contribution in [0.5, 0.6) is 0 Å². The molecule has 0 aromatic carbocycles. The summed E-state index contributed by atoms with van der Waals surface area (Å²) in [5.41, 5.74) is -0.946. The zero-order valence-electron chi connectivity index (χ0n) is 10.2. The van der Waals surface area contributed by atoms with Crippen molar-refractivity contribution in [1.29, 1.82) is 0 Å². The number of anilines is 1. The van der Waals surface area contributed by atoms with Gasteiger partial charge in [0.2, 0.25) is 0 Å². The normalized spacial score (nSPS) is 25.3. The van der Waals surface area contributed by atoms with Crippen molar-refractivity contribution in [3.05, 3.63) is 18.1 Å². The molecule has 1 fully saturated rings. The average molecular weight is 260 g/mol. The standard InChI is InChI=1S/C11H15F3N4/c1-7-5-18(6-8(2)16-7)10-4-15-3-9(17-10)11(12,13)14/h3-4,7-8,16H,5-6H2,1-2H3/t7-,8+. The van der Waals surface area contributed by atoms with Gasteiger partial charge in [0.25, 0.3) is 0 Å². The third-order valence-corrected chi connectivity index (χ3v) is 2.79. The number of nitrogens with one attached hydrogen (secondary N) is 1. The molecule has 2 rings (SSSR count). The van der Waals surface area contributed by atoms with E-state index in [-0.39, 0.29) is 17.9 Å². The third kappa shape index (κ3) is 2.90. The Kier molecular flexibility index (Phi) is 3.43. The molecule has 2 heterocycles. The highest BCUT2D eigenvalue weighted by Crippen LogP contribution is 2.28. The van der Waals surface area contributed by atoms with Crippen molar-refractivity contribution in [2.24, 2.45) is 0 Å². The number of alkyl halides is 3. The fourth-order valence-corrected chi connectivity index (χ4v) is 2.16. The summed E-state index contributed by atoms with van der Waals surface area (Å²) in [6.07, 6.45) is -2.33. The van der Waals surface area contributed by atoms with Gasteiger partial charge in [0, 0.05) is 25.2 Å². The molecule has 100 valence electrons. The highest BCUT2D eigenvalue weighted by molar-refractivity contribution is 5.38. The van der Waals surface area contributed by atoms with E-state index in [1.54, 1.807) is 0 Å². The summed E-state index contributed by atoms with van der Waals surface area (Å²) in [5.74, 6) is 0.282. The summed E-state index contributed by atoms with van der Waals surface area (Å²) in [4.78, 5) is 9.11. The van der Waals surface area contributed by atoms with Crippen molar-refractivity contribution in [3.63, 3.8) is 0 Å². The minimum Gasteiger partial charge on any atom is -0.352 e. The lowest BCUT2D eigenvalue weighted by atomic mass is 10.1. The van der Waals surface area contributed by atoms with Gasteiger partial charge in [-0.15, -0.1) is 0 Å². The molecule has 1 N–H and O–H groups in total. The van der Waals surface area contributed by atoms with Crippen LogP contribution in [0, 0.1) is 0 Å². The van der Waals surface area contributed by atoms with Gasteiger partial charge in [0.1, 0.15) is 5.82 Å².